The summed E-state index contributed by atoms with van der Waals surface area (Å²) in [7, 11) is 0. The number of nitrogens with zero attached hydrogens (tertiary/aromatic N) is 1. The highest BCUT2D eigenvalue weighted by atomic mass is 16.6. The van der Waals surface area contributed by atoms with Gasteiger partial charge in [0, 0.05) is 18.8 Å². The van der Waals surface area contributed by atoms with Gasteiger partial charge in [-0.2, -0.15) is 0 Å². The first-order chi connectivity index (χ1) is 16.3. The van der Waals surface area contributed by atoms with Gasteiger partial charge in [-0.15, -0.1) is 0 Å². The van der Waals surface area contributed by atoms with E-state index in [1.54, 1.807) is 11.8 Å². The predicted molar refractivity (Wildman–Crippen MR) is 126 cm³/mol. The molecule has 3 fully saturated rings. The Morgan fingerprint density at radius 3 is 2.74 bits per heavy atom. The van der Waals surface area contributed by atoms with Gasteiger partial charge in [-0.3, -0.25) is 14.4 Å². The number of esters is 1. The van der Waals surface area contributed by atoms with Crippen molar-refractivity contribution in [1.29, 1.82) is 0 Å². The minimum Gasteiger partial charge on any atom is -0.466 e. The summed E-state index contributed by atoms with van der Waals surface area (Å²) in [5.41, 5.74) is 1.68. The molecule has 8 nitrogen and oxygen atoms in total. The average molecular weight is 473 g/mol. The van der Waals surface area contributed by atoms with Gasteiger partial charge in [0.25, 0.3) is 0 Å². The molecule has 5 atom stereocenters. The molecule has 2 N–H and O–H groups in total. The van der Waals surface area contributed by atoms with Gasteiger partial charge in [-0.1, -0.05) is 25.0 Å². The molecule has 3 saturated heterocycles. The van der Waals surface area contributed by atoms with E-state index >= 15 is 0 Å². The van der Waals surface area contributed by atoms with Crippen molar-refractivity contribution in [2.24, 2.45) is 11.8 Å². The number of rotatable bonds is 10. The van der Waals surface area contributed by atoms with Gasteiger partial charge in [-0.25, -0.2) is 0 Å². The molecule has 3 aliphatic rings. The number of anilines is 1. The standard InChI is InChI=1S/C26H36N2O6/c1-4-33-25(32)20-19-11-12-26(34-19)21(20)24(31)28(13-7-5-6-8-14-29)22(26)23(30)27-18-15-16(2)9-10-17(18)3/h9-10,15,19-22,29H,4-8,11-14H2,1-3H3,(H,27,30)/t19-,20+,21+,22-,26+/m0/s1. The van der Waals surface area contributed by atoms with Crippen molar-refractivity contribution in [1.82, 2.24) is 4.90 Å². The number of likely N-dealkylation sites (tertiary alicyclic amines) is 1. The Hall–Kier alpha value is -2.45. The number of amides is 2. The molecule has 0 aliphatic carbocycles. The molecule has 1 spiro atoms. The number of unbranched alkanes of at least 4 members (excludes halogenated alkanes) is 3. The van der Waals surface area contributed by atoms with Crippen LogP contribution in [0.4, 0.5) is 5.69 Å². The molecule has 4 rings (SSSR count). The van der Waals surface area contributed by atoms with Gasteiger partial charge in [0.1, 0.15) is 11.6 Å². The Labute approximate surface area is 201 Å². The van der Waals surface area contributed by atoms with Crippen LogP contribution in [0.5, 0.6) is 0 Å². The maximum absolute atomic E-state index is 13.8. The molecule has 3 heterocycles. The minimum absolute atomic E-state index is 0.144. The number of aliphatic hydroxyl groups excluding tert-OH is 1. The number of hydrogen-bond acceptors (Lipinski definition) is 6. The van der Waals surface area contributed by atoms with Crippen molar-refractivity contribution in [3.63, 3.8) is 0 Å². The normalized spacial score (nSPS) is 29.4. The summed E-state index contributed by atoms with van der Waals surface area (Å²) < 4.78 is 11.7. The van der Waals surface area contributed by atoms with E-state index in [1.807, 2.05) is 32.0 Å². The molecule has 1 aromatic rings. The minimum atomic E-state index is -1.01. The number of ether oxygens (including phenoxy) is 2. The van der Waals surface area contributed by atoms with Gasteiger partial charge in [0.05, 0.1) is 24.5 Å². The number of fused-ring (bicyclic) bond motifs is 1. The molecule has 1 aromatic carbocycles. The highest BCUT2D eigenvalue weighted by Crippen LogP contribution is 2.58. The van der Waals surface area contributed by atoms with Crippen LogP contribution in [0, 0.1) is 25.7 Å². The van der Waals surface area contributed by atoms with Gasteiger partial charge in [-0.05, 0) is 63.6 Å². The van der Waals surface area contributed by atoms with Crippen molar-refractivity contribution in [2.45, 2.75) is 77.0 Å². The highest BCUT2D eigenvalue weighted by Gasteiger charge is 2.74. The van der Waals surface area contributed by atoms with Crippen LogP contribution in [0.2, 0.25) is 0 Å². The summed E-state index contributed by atoms with van der Waals surface area (Å²) >= 11 is 0. The van der Waals surface area contributed by atoms with E-state index in [0.717, 1.165) is 36.1 Å². The molecule has 0 saturated carbocycles. The van der Waals surface area contributed by atoms with Crippen molar-refractivity contribution >= 4 is 23.5 Å². The van der Waals surface area contributed by atoms with E-state index in [0.29, 0.717) is 25.8 Å². The monoisotopic (exact) mass is 472 g/mol. The van der Waals surface area contributed by atoms with Crippen molar-refractivity contribution in [2.75, 3.05) is 25.1 Å². The van der Waals surface area contributed by atoms with Crippen LogP contribution >= 0.6 is 0 Å². The van der Waals surface area contributed by atoms with Crippen LogP contribution in [0.25, 0.3) is 0 Å². The Bertz CT molecular complexity index is 949. The summed E-state index contributed by atoms with van der Waals surface area (Å²) in [4.78, 5) is 41.9. The Kier molecular flexibility index (Phi) is 7.28. The lowest BCUT2D eigenvalue weighted by molar-refractivity contribution is -0.154. The SMILES string of the molecule is CCOC(=O)[C@@H]1[C@@H]2CC[C@]3(O2)[C@H](C(=O)Nc2cc(C)ccc2C)N(CCCCCCO)C(=O)[C@@H]13. The third-order valence-electron chi connectivity index (χ3n) is 7.57. The van der Waals surface area contributed by atoms with Gasteiger partial charge in [0.15, 0.2) is 0 Å². The summed E-state index contributed by atoms with van der Waals surface area (Å²) in [5, 5.41) is 12.1. The summed E-state index contributed by atoms with van der Waals surface area (Å²) in [5.74, 6) is -2.24. The molecule has 2 amide bonds. The van der Waals surface area contributed by atoms with E-state index in [4.69, 9.17) is 14.6 Å². The number of carbonyl (C=O) groups excluding carboxylic acids is 3. The van der Waals surface area contributed by atoms with Crippen molar-refractivity contribution < 1.29 is 29.0 Å². The fourth-order valence-electron chi connectivity index (χ4n) is 6.02. The second kappa shape index (κ2) is 10.0. The molecule has 186 valence electrons. The van der Waals surface area contributed by atoms with E-state index in [1.165, 1.54) is 0 Å². The maximum atomic E-state index is 13.8. The molecule has 3 aliphatic heterocycles. The summed E-state index contributed by atoms with van der Waals surface area (Å²) in [6, 6.07) is 5.07. The first-order valence-electron chi connectivity index (χ1n) is 12.5. The fraction of sp³-hybridized carbons (Fsp3) is 0.654. The van der Waals surface area contributed by atoms with Crippen LogP contribution in [0.3, 0.4) is 0 Å². The van der Waals surface area contributed by atoms with E-state index in [2.05, 4.69) is 5.32 Å². The first kappa shape index (κ1) is 24.7. The number of aliphatic hydroxyl groups is 1. The molecule has 0 aromatic heterocycles. The van der Waals surface area contributed by atoms with Crippen LogP contribution in [-0.2, 0) is 23.9 Å². The smallest absolute Gasteiger partial charge is 0.312 e. The Balaban J connectivity index is 1.63. The van der Waals surface area contributed by atoms with Gasteiger partial charge in [0.2, 0.25) is 11.8 Å². The number of nitrogens with one attached hydrogen (secondary N) is 1. The quantitative estimate of drug-likeness (QED) is 0.401. The molecule has 0 unspecified atom stereocenters. The van der Waals surface area contributed by atoms with Crippen molar-refractivity contribution in [3.8, 4) is 0 Å². The van der Waals surface area contributed by atoms with Crippen LogP contribution in [0.1, 0.15) is 56.6 Å². The molecular weight excluding hydrogens is 436 g/mol. The lowest BCUT2D eigenvalue weighted by Gasteiger charge is -2.33. The zero-order valence-electron chi connectivity index (χ0n) is 20.3. The third-order valence-corrected chi connectivity index (χ3v) is 7.57. The second-order valence-electron chi connectivity index (χ2n) is 9.79. The number of benzene rings is 1. The predicted octanol–water partition coefficient (Wildman–Crippen LogP) is 2.73. The lowest BCUT2D eigenvalue weighted by Crippen LogP contribution is -2.53. The zero-order chi connectivity index (χ0) is 24.5. The fourth-order valence-corrected chi connectivity index (χ4v) is 6.02. The average Bonchev–Trinajstić information content (AvgIpc) is 3.44. The Morgan fingerprint density at radius 1 is 1.24 bits per heavy atom. The van der Waals surface area contributed by atoms with Crippen LogP contribution < -0.4 is 5.32 Å². The van der Waals surface area contributed by atoms with E-state index < -0.39 is 35.6 Å². The van der Waals surface area contributed by atoms with E-state index in [-0.39, 0.29) is 25.0 Å². The lowest BCUT2D eigenvalue weighted by atomic mass is 9.70. The van der Waals surface area contributed by atoms with Crippen LogP contribution in [-0.4, -0.2) is 65.3 Å². The molecule has 34 heavy (non-hydrogen) atoms. The van der Waals surface area contributed by atoms with Crippen molar-refractivity contribution in [3.05, 3.63) is 29.3 Å². The largest absolute Gasteiger partial charge is 0.466 e. The Morgan fingerprint density at radius 2 is 2.00 bits per heavy atom. The number of aryl methyl sites for hydroxylation is 2. The van der Waals surface area contributed by atoms with Gasteiger partial charge < -0.3 is 24.8 Å². The molecule has 0 radical (unpaired) electrons. The van der Waals surface area contributed by atoms with Gasteiger partial charge >= 0.3 is 5.97 Å². The molecule has 8 heteroatoms. The highest BCUT2D eigenvalue weighted by molar-refractivity contribution is 6.03. The first-order valence-corrected chi connectivity index (χ1v) is 12.5. The number of hydrogen-bond donors (Lipinski definition) is 2. The molecular formula is C26H36N2O6. The van der Waals surface area contributed by atoms with E-state index in [9.17, 15) is 14.4 Å². The topological polar surface area (TPSA) is 105 Å². The third kappa shape index (κ3) is 4.22. The second-order valence-corrected chi connectivity index (χ2v) is 9.79. The van der Waals surface area contributed by atoms with Crippen LogP contribution in [0.15, 0.2) is 18.2 Å². The maximum Gasteiger partial charge on any atom is 0.312 e. The zero-order valence-corrected chi connectivity index (χ0v) is 20.3. The summed E-state index contributed by atoms with van der Waals surface area (Å²) in [6.45, 7) is 6.44. The molecule has 2 bridgehead atoms. The number of carbonyl (C=O) groups is 3. The summed E-state index contributed by atoms with van der Waals surface area (Å²) in [6.07, 6.45) is 3.94.